The average molecular weight is 385 g/mol. The summed E-state index contributed by atoms with van der Waals surface area (Å²) in [4.78, 5) is 33.5. The number of likely N-dealkylation sites (N-methyl/N-ethyl adjacent to an activating group) is 1. The van der Waals surface area contributed by atoms with E-state index >= 15 is 0 Å². The van der Waals surface area contributed by atoms with Crippen molar-refractivity contribution >= 4 is 39.2 Å². The number of carbonyl (C=O) groups excluding carboxylic acids is 2. The van der Waals surface area contributed by atoms with E-state index in [1.807, 2.05) is 30.1 Å². The van der Waals surface area contributed by atoms with Crippen LogP contribution in [0.15, 0.2) is 18.2 Å². The Balaban J connectivity index is 1.44. The summed E-state index contributed by atoms with van der Waals surface area (Å²) in [5, 5.41) is 0.896. The van der Waals surface area contributed by atoms with E-state index < -0.39 is 0 Å². The van der Waals surface area contributed by atoms with E-state index in [9.17, 15) is 9.59 Å². The minimum absolute atomic E-state index is 0.0190. The molecule has 0 unspecified atom stereocenters. The van der Waals surface area contributed by atoms with Crippen molar-refractivity contribution in [1.82, 2.24) is 19.1 Å². The Morgan fingerprint density at radius 1 is 1.11 bits per heavy atom. The van der Waals surface area contributed by atoms with E-state index in [0.29, 0.717) is 18.3 Å². The van der Waals surface area contributed by atoms with Crippen LogP contribution < -0.4 is 4.90 Å². The number of benzene rings is 1. The van der Waals surface area contributed by atoms with E-state index in [1.54, 1.807) is 9.80 Å². The fraction of sp³-hybridized carbons (Fsp3) is 0.526. The van der Waals surface area contributed by atoms with Crippen LogP contribution in [0.3, 0.4) is 0 Å². The molecule has 1 aromatic carbocycles. The smallest absolute Gasteiger partial charge is 0.324 e. The van der Waals surface area contributed by atoms with Crippen LogP contribution in [0.25, 0.3) is 10.1 Å². The van der Waals surface area contributed by atoms with Gasteiger partial charge in [0.25, 0.3) is 5.91 Å². The molecule has 0 spiro atoms. The van der Waals surface area contributed by atoms with Gasteiger partial charge >= 0.3 is 6.03 Å². The number of urea groups is 1. The Morgan fingerprint density at radius 3 is 2.67 bits per heavy atom. The third-order valence-electron chi connectivity index (χ3n) is 6.10. The van der Waals surface area contributed by atoms with Crippen molar-refractivity contribution < 1.29 is 9.59 Å². The molecular formula is C19H23N5O2S. The van der Waals surface area contributed by atoms with Crippen molar-refractivity contribution in [1.29, 1.82) is 0 Å². The van der Waals surface area contributed by atoms with Crippen molar-refractivity contribution in [2.24, 2.45) is 0 Å². The summed E-state index contributed by atoms with van der Waals surface area (Å²) in [6.07, 6.45) is 2.12. The topological polar surface area (TPSA) is 60.0 Å². The SMILES string of the molecule is CN1CCN(c2ccc3c(C(=O)N4CCN5CCC4CC5)nsc3c2)C1=O. The molecular weight excluding hydrogens is 362 g/mol. The van der Waals surface area contributed by atoms with Crippen molar-refractivity contribution in [3.05, 3.63) is 23.9 Å². The van der Waals surface area contributed by atoms with Crippen LogP contribution in [0.5, 0.6) is 0 Å². The summed E-state index contributed by atoms with van der Waals surface area (Å²) in [7, 11) is 1.82. The zero-order valence-electron chi connectivity index (χ0n) is 15.4. The highest BCUT2D eigenvalue weighted by molar-refractivity contribution is 7.13. The molecule has 27 heavy (non-hydrogen) atoms. The van der Waals surface area contributed by atoms with Crippen LogP contribution in [0.2, 0.25) is 0 Å². The largest absolute Gasteiger partial charge is 0.333 e. The predicted octanol–water partition coefficient (Wildman–Crippen LogP) is 2.09. The van der Waals surface area contributed by atoms with Crippen LogP contribution in [-0.2, 0) is 0 Å². The summed E-state index contributed by atoms with van der Waals surface area (Å²) in [6.45, 7) is 5.35. The maximum absolute atomic E-state index is 13.2. The molecule has 4 aliphatic rings. The van der Waals surface area contributed by atoms with Gasteiger partial charge in [0.05, 0.1) is 4.70 Å². The van der Waals surface area contributed by atoms with Gasteiger partial charge in [-0.1, -0.05) is 0 Å². The summed E-state index contributed by atoms with van der Waals surface area (Å²) in [5.41, 5.74) is 1.44. The second kappa shape index (κ2) is 6.45. The van der Waals surface area contributed by atoms with Gasteiger partial charge in [0.15, 0.2) is 0 Å². The maximum atomic E-state index is 13.2. The Hall–Kier alpha value is -2.19. The summed E-state index contributed by atoms with van der Waals surface area (Å²) >= 11 is 1.35. The molecule has 0 N–H and O–H groups in total. The minimum Gasteiger partial charge on any atom is -0.333 e. The van der Waals surface area contributed by atoms with Crippen molar-refractivity contribution in [3.8, 4) is 0 Å². The lowest BCUT2D eigenvalue weighted by Crippen LogP contribution is -2.41. The molecule has 1 aromatic heterocycles. The third kappa shape index (κ3) is 2.78. The molecule has 4 aliphatic heterocycles. The summed E-state index contributed by atoms with van der Waals surface area (Å²) < 4.78 is 5.47. The van der Waals surface area contributed by atoms with Crippen LogP contribution in [0, 0.1) is 0 Å². The molecule has 4 saturated heterocycles. The summed E-state index contributed by atoms with van der Waals surface area (Å²) in [6, 6.07) is 6.23. The number of hydrogen-bond acceptors (Lipinski definition) is 5. The molecule has 2 bridgehead atoms. The molecule has 0 radical (unpaired) electrons. The fourth-order valence-corrected chi connectivity index (χ4v) is 5.23. The number of aromatic nitrogens is 1. The van der Waals surface area contributed by atoms with E-state index in [4.69, 9.17) is 0 Å². The van der Waals surface area contributed by atoms with Gasteiger partial charge < -0.3 is 14.7 Å². The molecule has 142 valence electrons. The maximum Gasteiger partial charge on any atom is 0.324 e. The standard InChI is InChI=1S/C19H23N5O2S/c1-21-8-10-24(19(21)26)14-2-3-15-16(12-14)27-20-17(15)18(25)23-11-9-22-6-4-13(23)5-7-22/h2-3,12-13H,4-11H2,1H3. The second-order valence-electron chi connectivity index (χ2n) is 7.64. The number of rotatable bonds is 2. The molecule has 7 nitrogen and oxygen atoms in total. The van der Waals surface area contributed by atoms with Crippen LogP contribution in [0.1, 0.15) is 23.3 Å². The Bertz CT molecular complexity index is 905. The van der Waals surface area contributed by atoms with Crippen LogP contribution in [-0.4, -0.2) is 83.4 Å². The van der Waals surface area contributed by atoms with Crippen LogP contribution in [0.4, 0.5) is 10.5 Å². The lowest BCUT2D eigenvalue weighted by Gasteiger charge is -2.31. The first-order chi connectivity index (χ1) is 13.1. The first-order valence-corrected chi connectivity index (χ1v) is 10.3. The van der Waals surface area contributed by atoms with E-state index in [2.05, 4.69) is 9.27 Å². The number of hydrogen-bond donors (Lipinski definition) is 0. The zero-order chi connectivity index (χ0) is 18.5. The first kappa shape index (κ1) is 16.9. The van der Waals surface area contributed by atoms with Crippen LogP contribution >= 0.6 is 11.5 Å². The number of amides is 3. The van der Waals surface area contributed by atoms with Gasteiger partial charge in [0, 0.05) is 63.4 Å². The van der Waals surface area contributed by atoms with E-state index in [-0.39, 0.29) is 11.9 Å². The first-order valence-electron chi connectivity index (χ1n) is 9.57. The average Bonchev–Trinajstić information content (AvgIpc) is 3.10. The Morgan fingerprint density at radius 2 is 1.93 bits per heavy atom. The molecule has 4 fully saturated rings. The normalized spacial score (nSPS) is 25.5. The highest BCUT2D eigenvalue weighted by atomic mass is 32.1. The second-order valence-corrected chi connectivity index (χ2v) is 8.44. The highest BCUT2D eigenvalue weighted by Crippen LogP contribution is 2.31. The highest BCUT2D eigenvalue weighted by Gasteiger charge is 2.34. The molecule has 0 atom stereocenters. The number of piperidine rings is 1. The van der Waals surface area contributed by atoms with E-state index in [1.165, 1.54) is 11.5 Å². The van der Waals surface area contributed by atoms with Gasteiger partial charge in [0.2, 0.25) is 0 Å². The lowest BCUT2D eigenvalue weighted by molar-refractivity contribution is 0.0682. The Labute approximate surface area is 162 Å². The summed E-state index contributed by atoms with van der Waals surface area (Å²) in [5.74, 6) is 0.0553. The molecule has 0 saturated carbocycles. The van der Waals surface area contributed by atoms with Crippen molar-refractivity contribution in [2.45, 2.75) is 18.9 Å². The van der Waals surface area contributed by atoms with Crippen molar-refractivity contribution in [2.75, 3.05) is 51.2 Å². The lowest BCUT2D eigenvalue weighted by atomic mass is 10.0. The zero-order valence-corrected chi connectivity index (χ0v) is 16.2. The minimum atomic E-state index is 0.0190. The third-order valence-corrected chi connectivity index (χ3v) is 6.91. The van der Waals surface area contributed by atoms with E-state index in [0.717, 1.165) is 61.3 Å². The van der Waals surface area contributed by atoms with Gasteiger partial charge in [-0.25, -0.2) is 4.79 Å². The van der Waals surface area contributed by atoms with Gasteiger partial charge in [-0.15, -0.1) is 0 Å². The molecule has 5 heterocycles. The number of anilines is 1. The monoisotopic (exact) mass is 385 g/mol. The van der Waals surface area contributed by atoms with Gasteiger partial charge in [-0.2, -0.15) is 4.37 Å². The molecule has 8 heteroatoms. The molecule has 3 amide bonds. The van der Waals surface area contributed by atoms with Gasteiger partial charge in [-0.3, -0.25) is 9.69 Å². The molecule has 0 aliphatic carbocycles. The number of nitrogens with zero attached hydrogens (tertiary/aromatic N) is 5. The molecule has 6 rings (SSSR count). The number of carbonyl (C=O) groups is 2. The van der Waals surface area contributed by atoms with Gasteiger partial charge in [-0.05, 0) is 42.6 Å². The number of fused-ring (bicyclic) bond motifs is 5. The quantitative estimate of drug-likeness (QED) is 0.794. The molecule has 2 aromatic rings. The Kier molecular flexibility index (Phi) is 4.05. The predicted molar refractivity (Wildman–Crippen MR) is 105 cm³/mol. The van der Waals surface area contributed by atoms with Gasteiger partial charge in [0.1, 0.15) is 5.69 Å². The fourth-order valence-electron chi connectivity index (χ4n) is 4.42. The van der Waals surface area contributed by atoms with Crippen molar-refractivity contribution in [3.63, 3.8) is 0 Å².